The molecule has 0 aliphatic heterocycles. The van der Waals surface area contributed by atoms with Crippen molar-refractivity contribution in [2.24, 2.45) is 0 Å². The number of nitrogens with zero attached hydrogens (tertiary/aromatic N) is 4. The third-order valence-corrected chi connectivity index (χ3v) is 7.23. The topological polar surface area (TPSA) is 89.8 Å². The minimum absolute atomic E-state index is 0.0643. The molecule has 0 unspecified atom stereocenters. The molecule has 0 N–H and O–H groups in total. The largest absolute Gasteiger partial charge is 0.497 e. The number of methoxy groups -OCH3 is 5. The smallest absolute Gasteiger partial charge is 0.433 e. The highest BCUT2D eigenvalue weighted by atomic mass is 19.4. The normalized spacial score (nSPS) is 11.3. The SMILES string of the molecule is CCc1c(-c2ccc(OC)c(OC)c2)nn(-c2nc(-c3ccc(OC)cc3)cc(C(F)(F)F)n2)c1-c1ccc(OC)c(OC)c1. The molecule has 45 heavy (non-hydrogen) atoms. The first kappa shape index (κ1) is 31.2. The van der Waals surface area contributed by atoms with Crippen molar-refractivity contribution in [3.05, 3.63) is 78.0 Å². The molecular formula is C33H31F3N4O5. The van der Waals surface area contributed by atoms with Crippen LogP contribution < -0.4 is 23.7 Å². The van der Waals surface area contributed by atoms with E-state index in [0.717, 1.165) is 11.6 Å². The van der Waals surface area contributed by atoms with E-state index in [2.05, 4.69) is 9.97 Å². The van der Waals surface area contributed by atoms with Gasteiger partial charge in [0.25, 0.3) is 5.95 Å². The first-order chi connectivity index (χ1) is 21.6. The predicted molar refractivity (Wildman–Crippen MR) is 163 cm³/mol. The maximum Gasteiger partial charge on any atom is 0.433 e. The van der Waals surface area contributed by atoms with Crippen LogP contribution >= 0.6 is 0 Å². The van der Waals surface area contributed by atoms with Crippen LogP contribution in [0.5, 0.6) is 28.7 Å². The van der Waals surface area contributed by atoms with Crippen molar-refractivity contribution < 1.29 is 36.9 Å². The van der Waals surface area contributed by atoms with Gasteiger partial charge in [-0.2, -0.15) is 23.0 Å². The zero-order chi connectivity index (χ0) is 32.3. The van der Waals surface area contributed by atoms with Gasteiger partial charge in [0.15, 0.2) is 28.7 Å². The van der Waals surface area contributed by atoms with Gasteiger partial charge in [0.1, 0.15) is 5.75 Å². The minimum atomic E-state index is -4.75. The number of halogens is 3. The lowest BCUT2D eigenvalue weighted by Gasteiger charge is -2.14. The number of rotatable bonds is 10. The standard InChI is InChI=1S/C33H31F3N4O5/c1-7-23-30(20-10-14-25(42-3)27(16-20)44-5)39-40(31(23)21-11-15-26(43-4)28(17-21)45-6)32-37-24(18-29(38-32)33(34,35)36)19-8-12-22(41-2)13-9-19/h8-18H,7H2,1-6H3. The van der Waals surface area contributed by atoms with E-state index >= 15 is 0 Å². The maximum atomic E-state index is 14.3. The molecule has 0 fully saturated rings. The van der Waals surface area contributed by atoms with E-state index in [1.807, 2.05) is 6.92 Å². The average Bonchev–Trinajstić information content (AvgIpc) is 3.46. The number of aromatic nitrogens is 4. The van der Waals surface area contributed by atoms with Crippen LogP contribution in [0.25, 0.3) is 39.7 Å². The number of alkyl halides is 3. The Morgan fingerprint density at radius 1 is 0.644 bits per heavy atom. The highest BCUT2D eigenvalue weighted by Gasteiger charge is 2.35. The Labute approximate surface area is 258 Å². The molecule has 5 aromatic rings. The molecule has 0 saturated carbocycles. The fourth-order valence-corrected chi connectivity index (χ4v) is 5.01. The Morgan fingerprint density at radius 2 is 1.20 bits per heavy atom. The fourth-order valence-electron chi connectivity index (χ4n) is 5.01. The molecule has 2 aromatic heterocycles. The summed E-state index contributed by atoms with van der Waals surface area (Å²) in [4.78, 5) is 8.58. The summed E-state index contributed by atoms with van der Waals surface area (Å²) in [5.74, 6) is 2.20. The van der Waals surface area contributed by atoms with E-state index in [-0.39, 0.29) is 11.6 Å². The lowest BCUT2D eigenvalue weighted by Crippen LogP contribution is -2.14. The molecule has 2 heterocycles. The van der Waals surface area contributed by atoms with Crippen LogP contribution in [0.4, 0.5) is 13.2 Å². The van der Waals surface area contributed by atoms with Gasteiger partial charge in [0, 0.05) is 22.3 Å². The first-order valence-electron chi connectivity index (χ1n) is 13.8. The van der Waals surface area contributed by atoms with Gasteiger partial charge in [0.05, 0.1) is 52.6 Å². The molecule has 9 nitrogen and oxygen atoms in total. The molecule has 0 atom stereocenters. The highest BCUT2D eigenvalue weighted by molar-refractivity contribution is 5.78. The summed E-state index contributed by atoms with van der Waals surface area (Å²) in [6, 6.07) is 18.0. The number of hydrogen-bond donors (Lipinski definition) is 0. The maximum absolute atomic E-state index is 14.3. The van der Waals surface area contributed by atoms with Crippen LogP contribution in [-0.4, -0.2) is 55.3 Å². The van der Waals surface area contributed by atoms with E-state index in [0.29, 0.717) is 63.2 Å². The van der Waals surface area contributed by atoms with Crippen LogP contribution in [-0.2, 0) is 12.6 Å². The summed E-state index contributed by atoms with van der Waals surface area (Å²) >= 11 is 0. The molecule has 12 heteroatoms. The van der Waals surface area contributed by atoms with Crippen molar-refractivity contribution in [1.29, 1.82) is 0 Å². The van der Waals surface area contributed by atoms with E-state index < -0.39 is 11.9 Å². The molecule has 234 valence electrons. The number of hydrogen-bond acceptors (Lipinski definition) is 8. The number of ether oxygens (including phenoxy) is 5. The van der Waals surface area contributed by atoms with Crippen molar-refractivity contribution in [2.75, 3.05) is 35.5 Å². The van der Waals surface area contributed by atoms with Crippen molar-refractivity contribution in [3.63, 3.8) is 0 Å². The molecule has 5 rings (SSSR count). The van der Waals surface area contributed by atoms with Gasteiger partial charge in [-0.3, -0.25) is 0 Å². The van der Waals surface area contributed by atoms with E-state index in [1.165, 1.54) is 40.2 Å². The van der Waals surface area contributed by atoms with Crippen LogP contribution in [0, 0.1) is 0 Å². The van der Waals surface area contributed by atoms with Crippen LogP contribution in [0.3, 0.4) is 0 Å². The van der Waals surface area contributed by atoms with Crippen molar-refractivity contribution in [1.82, 2.24) is 19.7 Å². The third kappa shape index (κ3) is 6.08. The second kappa shape index (κ2) is 12.8. The third-order valence-electron chi connectivity index (χ3n) is 7.23. The molecule has 0 radical (unpaired) electrons. The van der Waals surface area contributed by atoms with Gasteiger partial charge in [-0.15, -0.1) is 0 Å². The monoisotopic (exact) mass is 620 g/mol. The van der Waals surface area contributed by atoms with Gasteiger partial charge < -0.3 is 23.7 Å². The molecule has 0 bridgehead atoms. The van der Waals surface area contributed by atoms with Crippen molar-refractivity contribution in [3.8, 4) is 68.5 Å². The second-order valence-electron chi connectivity index (χ2n) is 9.75. The Balaban J connectivity index is 1.83. The summed E-state index contributed by atoms with van der Waals surface area (Å²) < 4.78 is 71.3. The van der Waals surface area contributed by atoms with Crippen LogP contribution in [0.15, 0.2) is 66.7 Å². The zero-order valence-corrected chi connectivity index (χ0v) is 25.5. The molecule has 0 spiro atoms. The molecule has 0 amide bonds. The van der Waals surface area contributed by atoms with Crippen LogP contribution in [0.2, 0.25) is 0 Å². The molecule has 3 aromatic carbocycles. The summed E-state index contributed by atoms with van der Waals surface area (Å²) in [7, 11) is 7.59. The quantitative estimate of drug-likeness (QED) is 0.161. The first-order valence-corrected chi connectivity index (χ1v) is 13.8. The van der Waals surface area contributed by atoms with Crippen LogP contribution in [0.1, 0.15) is 18.2 Å². The molecular weight excluding hydrogens is 589 g/mol. The highest BCUT2D eigenvalue weighted by Crippen LogP contribution is 2.41. The van der Waals surface area contributed by atoms with Gasteiger partial charge in [-0.1, -0.05) is 6.92 Å². The Bertz CT molecular complexity index is 1820. The van der Waals surface area contributed by atoms with Gasteiger partial charge >= 0.3 is 6.18 Å². The van der Waals surface area contributed by atoms with E-state index in [9.17, 15) is 13.2 Å². The Hall–Kier alpha value is -5.26. The van der Waals surface area contributed by atoms with Crippen molar-refractivity contribution in [2.45, 2.75) is 19.5 Å². The Kier molecular flexibility index (Phi) is 8.84. The van der Waals surface area contributed by atoms with Crippen molar-refractivity contribution >= 4 is 0 Å². The number of benzene rings is 3. The summed E-state index contributed by atoms with van der Waals surface area (Å²) in [5.41, 5.74) is 2.40. The Morgan fingerprint density at radius 3 is 1.73 bits per heavy atom. The molecule has 0 aliphatic carbocycles. The molecule has 0 aliphatic rings. The average molecular weight is 621 g/mol. The lowest BCUT2D eigenvalue weighted by molar-refractivity contribution is -0.141. The minimum Gasteiger partial charge on any atom is -0.497 e. The predicted octanol–water partition coefficient (Wildman–Crippen LogP) is 7.29. The fraction of sp³-hybridized carbons (Fsp3) is 0.242. The zero-order valence-electron chi connectivity index (χ0n) is 25.5. The summed E-state index contributed by atoms with van der Waals surface area (Å²) in [6.45, 7) is 1.94. The van der Waals surface area contributed by atoms with E-state index in [1.54, 1.807) is 60.7 Å². The second-order valence-corrected chi connectivity index (χ2v) is 9.75. The summed E-state index contributed by atoms with van der Waals surface area (Å²) in [5, 5.41) is 4.85. The van der Waals surface area contributed by atoms with Gasteiger partial charge in [0.2, 0.25) is 0 Å². The molecule has 0 saturated heterocycles. The lowest BCUT2D eigenvalue weighted by atomic mass is 9.99. The van der Waals surface area contributed by atoms with Gasteiger partial charge in [-0.05, 0) is 73.2 Å². The van der Waals surface area contributed by atoms with E-state index in [4.69, 9.17) is 28.8 Å². The van der Waals surface area contributed by atoms with Gasteiger partial charge in [-0.25, -0.2) is 9.97 Å². The summed E-state index contributed by atoms with van der Waals surface area (Å²) in [6.07, 6.45) is -4.28.